The molecule has 1 heterocycles. The van der Waals surface area contributed by atoms with E-state index < -0.39 is 12.1 Å². The summed E-state index contributed by atoms with van der Waals surface area (Å²) in [4.78, 5) is 26.5. The summed E-state index contributed by atoms with van der Waals surface area (Å²) in [6, 6.07) is 5.38. The first-order valence-corrected chi connectivity index (χ1v) is 7.48. The predicted molar refractivity (Wildman–Crippen MR) is 82.7 cm³/mol. The molecule has 2 unspecified atom stereocenters. The van der Waals surface area contributed by atoms with Crippen molar-refractivity contribution in [1.29, 1.82) is 0 Å². The Kier molecular flexibility index (Phi) is 4.35. The average molecular weight is 288 g/mol. The van der Waals surface area contributed by atoms with Crippen LogP contribution in [0.5, 0.6) is 0 Å². The van der Waals surface area contributed by atoms with E-state index in [4.69, 9.17) is 0 Å². The summed E-state index contributed by atoms with van der Waals surface area (Å²) in [5, 5.41) is 2.77. The number of piperazine rings is 1. The average Bonchev–Trinajstić information content (AvgIpc) is 2.39. The molecule has 0 aromatic heterocycles. The molecule has 0 spiro atoms. The molecule has 0 bridgehead atoms. The number of nitrogens with zero attached hydrogens (tertiary/aromatic N) is 1. The molecule has 4 heteroatoms. The molecule has 1 aliphatic rings. The van der Waals surface area contributed by atoms with Crippen LogP contribution in [0, 0.1) is 19.8 Å². The van der Waals surface area contributed by atoms with Gasteiger partial charge >= 0.3 is 0 Å². The molecule has 1 saturated heterocycles. The Bertz CT molecular complexity index is 566. The topological polar surface area (TPSA) is 49.4 Å². The summed E-state index contributed by atoms with van der Waals surface area (Å²) >= 11 is 0. The molecular weight excluding hydrogens is 264 g/mol. The maximum absolute atomic E-state index is 12.5. The fraction of sp³-hybridized carbons (Fsp3) is 0.529. The van der Waals surface area contributed by atoms with E-state index in [1.807, 2.05) is 27.7 Å². The predicted octanol–water partition coefficient (Wildman–Crippen LogP) is 2.17. The molecule has 2 rings (SSSR count). The fourth-order valence-corrected chi connectivity index (χ4v) is 2.88. The smallest absolute Gasteiger partial charge is 0.245 e. The highest BCUT2D eigenvalue weighted by Crippen LogP contribution is 2.22. The van der Waals surface area contributed by atoms with Crippen LogP contribution in [0.2, 0.25) is 0 Å². The van der Waals surface area contributed by atoms with Crippen molar-refractivity contribution < 1.29 is 9.59 Å². The van der Waals surface area contributed by atoms with Gasteiger partial charge in [-0.3, -0.25) is 9.59 Å². The van der Waals surface area contributed by atoms with Gasteiger partial charge in [-0.05, 0) is 37.8 Å². The molecule has 1 aliphatic heterocycles. The minimum absolute atomic E-state index is 0.00536. The van der Waals surface area contributed by atoms with Crippen LogP contribution in [0.25, 0.3) is 0 Å². The van der Waals surface area contributed by atoms with Crippen molar-refractivity contribution in [3.63, 3.8) is 0 Å². The van der Waals surface area contributed by atoms with Crippen LogP contribution in [0.4, 0.5) is 0 Å². The van der Waals surface area contributed by atoms with Gasteiger partial charge in [0, 0.05) is 6.54 Å². The number of hydrogen-bond acceptors (Lipinski definition) is 2. The van der Waals surface area contributed by atoms with Crippen LogP contribution in [-0.4, -0.2) is 28.8 Å². The Labute approximate surface area is 126 Å². The molecule has 2 amide bonds. The number of nitrogens with one attached hydrogen (secondary N) is 1. The summed E-state index contributed by atoms with van der Waals surface area (Å²) in [6.45, 7) is 10.3. The quantitative estimate of drug-likeness (QED) is 0.926. The van der Waals surface area contributed by atoms with Crippen molar-refractivity contribution in [2.24, 2.45) is 5.92 Å². The van der Waals surface area contributed by atoms with E-state index in [2.05, 4.69) is 23.5 Å². The second kappa shape index (κ2) is 5.88. The van der Waals surface area contributed by atoms with E-state index in [1.165, 1.54) is 5.56 Å². The second-order valence-electron chi connectivity index (χ2n) is 6.32. The Hall–Kier alpha value is -1.84. The van der Waals surface area contributed by atoms with Crippen molar-refractivity contribution >= 4 is 11.8 Å². The van der Waals surface area contributed by atoms with E-state index in [0.717, 1.165) is 11.1 Å². The Morgan fingerprint density at radius 3 is 2.52 bits per heavy atom. The molecule has 2 atom stereocenters. The minimum Gasteiger partial charge on any atom is -0.343 e. The lowest BCUT2D eigenvalue weighted by molar-refractivity contribution is -0.151. The summed E-state index contributed by atoms with van der Waals surface area (Å²) < 4.78 is 0. The van der Waals surface area contributed by atoms with Gasteiger partial charge in [-0.1, -0.05) is 37.6 Å². The van der Waals surface area contributed by atoms with E-state index in [9.17, 15) is 9.59 Å². The lowest BCUT2D eigenvalue weighted by atomic mass is 9.95. The van der Waals surface area contributed by atoms with Crippen molar-refractivity contribution in [2.75, 3.05) is 0 Å². The summed E-state index contributed by atoms with van der Waals surface area (Å²) in [5.74, 6) is 0.0307. The molecular formula is C17H24N2O2. The van der Waals surface area contributed by atoms with Gasteiger partial charge in [0.05, 0.1) is 0 Å². The highest BCUT2D eigenvalue weighted by atomic mass is 16.2. The minimum atomic E-state index is -0.447. The lowest BCUT2D eigenvalue weighted by Gasteiger charge is -2.40. The zero-order valence-corrected chi connectivity index (χ0v) is 13.4. The van der Waals surface area contributed by atoms with Crippen LogP contribution >= 0.6 is 0 Å². The molecule has 0 aliphatic carbocycles. The largest absolute Gasteiger partial charge is 0.343 e. The first-order chi connectivity index (χ1) is 9.81. The van der Waals surface area contributed by atoms with Crippen molar-refractivity contribution in [2.45, 2.75) is 53.2 Å². The van der Waals surface area contributed by atoms with Crippen LogP contribution in [0.1, 0.15) is 37.5 Å². The summed E-state index contributed by atoms with van der Waals surface area (Å²) in [7, 11) is 0. The van der Waals surface area contributed by atoms with Gasteiger partial charge in [0.2, 0.25) is 11.8 Å². The Balaban J connectivity index is 2.35. The zero-order chi connectivity index (χ0) is 15.7. The number of carbonyl (C=O) groups excluding carboxylic acids is 2. The maximum Gasteiger partial charge on any atom is 0.245 e. The standard InChI is InChI=1S/C17H24N2O2/c1-10(2)15-16(20)18-13(5)17(21)19(15)9-14-8-11(3)6-7-12(14)4/h6-8,10,13,15H,9H2,1-5H3,(H,18,20). The third-order valence-electron chi connectivity index (χ3n) is 4.09. The number of hydrogen-bond donors (Lipinski definition) is 1. The normalized spacial score (nSPS) is 22.7. The summed E-state index contributed by atoms with van der Waals surface area (Å²) in [5.41, 5.74) is 3.42. The van der Waals surface area contributed by atoms with Gasteiger partial charge in [-0.25, -0.2) is 0 Å². The SMILES string of the molecule is Cc1ccc(C)c(CN2C(=O)C(C)NC(=O)C2C(C)C)c1. The molecule has 0 radical (unpaired) electrons. The molecule has 4 nitrogen and oxygen atoms in total. The second-order valence-corrected chi connectivity index (χ2v) is 6.32. The molecule has 0 saturated carbocycles. The monoisotopic (exact) mass is 288 g/mol. The maximum atomic E-state index is 12.5. The van der Waals surface area contributed by atoms with Crippen LogP contribution in [0.15, 0.2) is 18.2 Å². The molecule has 21 heavy (non-hydrogen) atoms. The fourth-order valence-electron chi connectivity index (χ4n) is 2.88. The molecule has 1 fully saturated rings. The first-order valence-electron chi connectivity index (χ1n) is 7.48. The molecule has 1 N–H and O–H groups in total. The van der Waals surface area contributed by atoms with Gasteiger partial charge in [0.25, 0.3) is 0 Å². The van der Waals surface area contributed by atoms with Crippen molar-refractivity contribution in [1.82, 2.24) is 10.2 Å². The van der Waals surface area contributed by atoms with Gasteiger partial charge in [0.15, 0.2) is 0 Å². The third kappa shape index (κ3) is 3.09. The van der Waals surface area contributed by atoms with Gasteiger partial charge in [-0.2, -0.15) is 0 Å². The zero-order valence-electron chi connectivity index (χ0n) is 13.4. The molecule has 1 aromatic rings. The lowest BCUT2D eigenvalue weighted by Crippen LogP contribution is -2.63. The van der Waals surface area contributed by atoms with E-state index in [1.54, 1.807) is 11.8 Å². The first kappa shape index (κ1) is 15.5. The van der Waals surface area contributed by atoms with E-state index in [-0.39, 0.29) is 17.7 Å². The van der Waals surface area contributed by atoms with Gasteiger partial charge in [-0.15, -0.1) is 0 Å². The highest BCUT2D eigenvalue weighted by molar-refractivity contribution is 5.96. The number of aryl methyl sites for hydroxylation is 2. The van der Waals surface area contributed by atoms with Crippen molar-refractivity contribution in [3.8, 4) is 0 Å². The number of carbonyl (C=O) groups is 2. The summed E-state index contributed by atoms with van der Waals surface area (Å²) in [6.07, 6.45) is 0. The Morgan fingerprint density at radius 2 is 1.90 bits per heavy atom. The molecule has 1 aromatic carbocycles. The van der Waals surface area contributed by atoms with E-state index >= 15 is 0 Å². The third-order valence-corrected chi connectivity index (χ3v) is 4.09. The van der Waals surface area contributed by atoms with Gasteiger partial charge in [0.1, 0.15) is 12.1 Å². The van der Waals surface area contributed by atoms with Crippen LogP contribution in [-0.2, 0) is 16.1 Å². The highest BCUT2D eigenvalue weighted by Gasteiger charge is 2.40. The van der Waals surface area contributed by atoms with E-state index in [0.29, 0.717) is 6.54 Å². The molecule has 114 valence electrons. The number of rotatable bonds is 3. The van der Waals surface area contributed by atoms with Crippen molar-refractivity contribution in [3.05, 3.63) is 34.9 Å². The van der Waals surface area contributed by atoms with Gasteiger partial charge < -0.3 is 10.2 Å². The Morgan fingerprint density at radius 1 is 1.24 bits per heavy atom. The number of amides is 2. The van der Waals surface area contributed by atoms with Crippen LogP contribution in [0.3, 0.4) is 0 Å². The van der Waals surface area contributed by atoms with Crippen LogP contribution < -0.4 is 5.32 Å². The number of benzene rings is 1.